The predicted molar refractivity (Wildman–Crippen MR) is 232 cm³/mol. The van der Waals surface area contributed by atoms with Crippen molar-refractivity contribution >= 4 is 52.6 Å². The number of likely N-dealkylation sites (tertiary alicyclic amines) is 1. The first-order valence-corrected chi connectivity index (χ1v) is 20.5. The largest absolute Gasteiger partial charge is 0.445 e. The fourth-order valence-corrected chi connectivity index (χ4v) is 7.05. The van der Waals surface area contributed by atoms with Crippen molar-refractivity contribution in [3.63, 3.8) is 0 Å². The van der Waals surface area contributed by atoms with E-state index in [-0.39, 0.29) is 48.7 Å². The number of alkyl carbamates (subject to hydrolysis) is 1. The van der Waals surface area contributed by atoms with Gasteiger partial charge in [-0.15, -0.1) is 0 Å². The number of halogens is 1. The molecule has 318 valence electrons. The Morgan fingerprint density at radius 2 is 1.67 bits per heavy atom. The van der Waals surface area contributed by atoms with Crippen LogP contribution in [0, 0.1) is 16.7 Å². The van der Waals surface area contributed by atoms with Crippen molar-refractivity contribution in [1.29, 1.82) is 5.26 Å². The Hall–Kier alpha value is -5.87. The number of anilines is 1. The van der Waals surface area contributed by atoms with Crippen LogP contribution in [0.2, 0.25) is 5.02 Å². The van der Waals surface area contributed by atoms with E-state index in [1.807, 2.05) is 66.1 Å². The van der Waals surface area contributed by atoms with E-state index in [0.29, 0.717) is 41.0 Å². The molecule has 14 heteroatoms. The molecule has 60 heavy (non-hydrogen) atoms. The first-order valence-electron chi connectivity index (χ1n) is 20.1. The summed E-state index contributed by atoms with van der Waals surface area (Å²) in [5.74, 6) is -0.595. The van der Waals surface area contributed by atoms with Crippen LogP contribution in [-0.2, 0) is 27.4 Å². The number of piperidine rings is 1. The number of carbonyl (C=O) groups is 4. The molecule has 0 spiro atoms. The maximum atomic E-state index is 14.0. The summed E-state index contributed by atoms with van der Waals surface area (Å²) in [5, 5.41) is 16.4. The number of amides is 4. The zero-order valence-electron chi connectivity index (χ0n) is 36.0. The minimum Gasteiger partial charge on any atom is -0.445 e. The van der Waals surface area contributed by atoms with E-state index in [1.165, 1.54) is 6.08 Å². The van der Waals surface area contributed by atoms with Gasteiger partial charge in [0, 0.05) is 36.3 Å². The van der Waals surface area contributed by atoms with Crippen molar-refractivity contribution in [2.24, 2.45) is 5.41 Å². The highest BCUT2D eigenvalue weighted by molar-refractivity contribution is 6.30. The van der Waals surface area contributed by atoms with Gasteiger partial charge in [0.2, 0.25) is 5.95 Å². The van der Waals surface area contributed by atoms with E-state index < -0.39 is 35.1 Å². The van der Waals surface area contributed by atoms with Gasteiger partial charge in [-0.25, -0.2) is 14.6 Å². The molecule has 2 atom stereocenters. The summed E-state index contributed by atoms with van der Waals surface area (Å²) < 4.78 is 13.1. The van der Waals surface area contributed by atoms with Crippen molar-refractivity contribution in [3.05, 3.63) is 106 Å². The maximum absolute atomic E-state index is 14.0. The highest BCUT2D eigenvalue weighted by Gasteiger charge is 2.34. The second-order valence-electron chi connectivity index (χ2n) is 17.9. The number of rotatable bonds is 11. The molecule has 1 unspecified atom stereocenters. The van der Waals surface area contributed by atoms with Crippen molar-refractivity contribution in [1.82, 2.24) is 24.7 Å². The molecular weight excluding hydrogens is 782 g/mol. The molecule has 4 amide bonds. The van der Waals surface area contributed by atoms with E-state index in [4.69, 9.17) is 26.1 Å². The molecule has 1 fully saturated rings. The molecule has 2 N–H and O–H groups in total. The van der Waals surface area contributed by atoms with Gasteiger partial charge in [0.25, 0.3) is 11.8 Å². The minimum atomic E-state index is -1.07. The molecular formula is C46H56ClN7O6. The molecule has 3 aromatic carbocycles. The summed E-state index contributed by atoms with van der Waals surface area (Å²) in [6.07, 6.45) is 1.60. The number of carbonyl (C=O) groups excluding carboxylic acids is 4. The average Bonchev–Trinajstić information content (AvgIpc) is 3.53. The van der Waals surface area contributed by atoms with Crippen molar-refractivity contribution in [3.8, 4) is 6.07 Å². The Morgan fingerprint density at radius 1 is 0.983 bits per heavy atom. The van der Waals surface area contributed by atoms with Crippen LogP contribution in [0.3, 0.4) is 0 Å². The number of fused-ring (bicyclic) bond motifs is 1. The minimum absolute atomic E-state index is 0.121. The van der Waals surface area contributed by atoms with Crippen LogP contribution < -0.4 is 10.6 Å². The Balaban J connectivity index is 1.46. The molecule has 4 aromatic rings. The lowest BCUT2D eigenvalue weighted by Crippen LogP contribution is -2.46. The molecule has 2 heterocycles. The van der Waals surface area contributed by atoms with Crippen LogP contribution in [0.1, 0.15) is 103 Å². The molecule has 0 saturated carbocycles. The molecule has 5 rings (SSSR count). The third kappa shape index (κ3) is 11.9. The van der Waals surface area contributed by atoms with Crippen LogP contribution in [0.15, 0.2) is 84.4 Å². The molecule has 1 aliphatic rings. The Labute approximate surface area is 357 Å². The fraction of sp³-hybridized carbons (Fsp3) is 0.435. The molecule has 0 radical (unpaired) electrons. The first kappa shape index (κ1) is 45.2. The summed E-state index contributed by atoms with van der Waals surface area (Å²) in [6, 6.07) is 23.3. The van der Waals surface area contributed by atoms with E-state index in [1.54, 1.807) is 68.7 Å². The van der Waals surface area contributed by atoms with Gasteiger partial charge in [-0.2, -0.15) is 5.26 Å². The predicted octanol–water partition coefficient (Wildman–Crippen LogP) is 9.43. The lowest BCUT2D eigenvalue weighted by molar-refractivity contribution is -0.128. The highest BCUT2D eigenvalue weighted by Crippen LogP contribution is 2.33. The number of nitrogens with one attached hydrogen (secondary N) is 2. The second-order valence-corrected chi connectivity index (χ2v) is 18.3. The van der Waals surface area contributed by atoms with Crippen LogP contribution in [0.4, 0.5) is 15.5 Å². The number of nitriles is 1. The zero-order chi connectivity index (χ0) is 44.0. The monoisotopic (exact) mass is 837 g/mol. The smallest absolute Gasteiger partial charge is 0.410 e. The third-order valence-corrected chi connectivity index (χ3v) is 10.6. The normalized spacial score (nSPS) is 15.4. The van der Waals surface area contributed by atoms with Gasteiger partial charge in [0.15, 0.2) is 0 Å². The van der Waals surface area contributed by atoms with Gasteiger partial charge in [-0.3, -0.25) is 14.9 Å². The molecule has 1 aliphatic heterocycles. The Kier molecular flexibility index (Phi) is 14.0. The molecule has 0 bridgehead atoms. The molecule has 13 nitrogen and oxygen atoms in total. The van der Waals surface area contributed by atoms with Crippen molar-refractivity contribution in [2.45, 2.75) is 112 Å². The lowest BCUT2D eigenvalue weighted by Gasteiger charge is -2.37. The van der Waals surface area contributed by atoms with Crippen LogP contribution in [0.5, 0.6) is 0 Å². The topological polar surface area (TPSA) is 159 Å². The number of nitrogens with zero attached hydrogens (tertiary/aromatic N) is 5. The van der Waals surface area contributed by atoms with Crippen molar-refractivity contribution < 1.29 is 28.7 Å². The zero-order valence-corrected chi connectivity index (χ0v) is 36.7. The van der Waals surface area contributed by atoms with E-state index in [0.717, 1.165) is 11.1 Å². The molecule has 0 aliphatic carbocycles. The van der Waals surface area contributed by atoms with Gasteiger partial charge in [0.05, 0.1) is 22.6 Å². The maximum Gasteiger partial charge on any atom is 0.410 e. The fourth-order valence-electron chi connectivity index (χ4n) is 6.93. The van der Waals surface area contributed by atoms with Gasteiger partial charge in [-0.05, 0) is 113 Å². The highest BCUT2D eigenvalue weighted by atomic mass is 35.5. The molecule has 1 saturated heterocycles. The number of imidazole rings is 1. The standard InChI is InChI=1S/C46H56ClN7O6/c1-30(44(2,3)4)53(43(58)59-29-31-14-11-10-12-15-31)27-32-17-22-38-37(24-32)49-41(50-39(55)33-18-20-35(47)21-19-33)54(38)36-16-13-23-52(28-36)40(56)34(26-48)25-46(8,9)51-42(57)60-45(5,6)7/h10-12,14-15,17-22,24-25,30,36H,13,16,23,27-29H2,1-9H3,(H,51,57)(H,49,50,55)/t30-,36?/m0/s1. The number of benzene rings is 3. The Bertz CT molecular complexity index is 2270. The number of hydrogen-bond donors (Lipinski definition) is 2. The second kappa shape index (κ2) is 18.6. The average molecular weight is 838 g/mol. The summed E-state index contributed by atoms with van der Waals surface area (Å²) in [4.78, 5) is 62.1. The van der Waals surface area contributed by atoms with Crippen LogP contribution >= 0.6 is 11.6 Å². The van der Waals surface area contributed by atoms with E-state index >= 15 is 0 Å². The third-order valence-electron chi connectivity index (χ3n) is 10.3. The number of ether oxygens (including phenoxy) is 2. The SMILES string of the molecule is C[C@H](N(Cc1ccc2c(c1)nc(NC(=O)c1ccc(Cl)cc1)n2C1CCCN(C(=O)C(C#N)=CC(C)(C)NC(=O)OC(C)(C)C)C1)C(=O)OCc1ccccc1)C(C)(C)C. The van der Waals surface area contributed by atoms with E-state index in [9.17, 15) is 24.4 Å². The van der Waals surface area contributed by atoms with E-state index in [2.05, 4.69) is 31.4 Å². The summed E-state index contributed by atoms with van der Waals surface area (Å²) in [5.41, 5.74) is 1.19. The summed E-state index contributed by atoms with van der Waals surface area (Å²) in [7, 11) is 0. The number of hydrogen-bond acceptors (Lipinski definition) is 8. The summed E-state index contributed by atoms with van der Waals surface area (Å²) >= 11 is 6.11. The quantitative estimate of drug-likeness (QED) is 0.112. The van der Waals surface area contributed by atoms with Crippen LogP contribution in [0.25, 0.3) is 11.0 Å². The number of aromatic nitrogens is 2. The van der Waals surface area contributed by atoms with Gasteiger partial charge < -0.3 is 29.2 Å². The first-order chi connectivity index (χ1) is 28.1. The van der Waals surface area contributed by atoms with Gasteiger partial charge in [0.1, 0.15) is 23.9 Å². The van der Waals surface area contributed by atoms with Gasteiger partial charge in [-0.1, -0.05) is 68.8 Å². The van der Waals surface area contributed by atoms with Crippen LogP contribution in [-0.4, -0.2) is 73.6 Å². The van der Waals surface area contributed by atoms with Crippen molar-refractivity contribution in [2.75, 3.05) is 18.4 Å². The lowest BCUT2D eigenvalue weighted by atomic mass is 9.87. The molecule has 1 aromatic heterocycles. The van der Waals surface area contributed by atoms with Gasteiger partial charge >= 0.3 is 12.2 Å². The Morgan fingerprint density at radius 3 is 2.30 bits per heavy atom. The summed E-state index contributed by atoms with van der Waals surface area (Å²) in [6.45, 7) is 17.8.